The van der Waals surface area contributed by atoms with Gasteiger partial charge in [0, 0.05) is 25.4 Å². The monoisotopic (exact) mass is 1060 g/mol. The Morgan fingerprint density at radius 1 is 0.610 bits per heavy atom. The van der Waals surface area contributed by atoms with Crippen molar-refractivity contribution in [3.8, 4) is 11.1 Å². The summed E-state index contributed by atoms with van der Waals surface area (Å²) in [5.74, 6) is -6.69. The second kappa shape index (κ2) is 26.2. The van der Waals surface area contributed by atoms with Gasteiger partial charge in [-0.3, -0.25) is 33.6 Å². The third kappa shape index (κ3) is 15.4. The molecule has 19 nitrogen and oxygen atoms in total. The molecule has 77 heavy (non-hydrogen) atoms. The largest absolute Gasteiger partial charge is 0.458 e. The first-order valence-corrected chi connectivity index (χ1v) is 26.9. The summed E-state index contributed by atoms with van der Waals surface area (Å²) in [6.45, 7) is 16.3. The van der Waals surface area contributed by atoms with E-state index in [1.165, 1.54) is 9.80 Å². The number of likely N-dealkylation sites (tertiary alicyclic amines) is 2. The highest BCUT2D eigenvalue weighted by Gasteiger charge is 2.43. The fourth-order valence-electron chi connectivity index (χ4n) is 10.4. The third-order valence-corrected chi connectivity index (χ3v) is 14.1. The Bertz CT molecular complexity index is 2590. The van der Waals surface area contributed by atoms with E-state index in [-0.39, 0.29) is 44.2 Å². The fourth-order valence-corrected chi connectivity index (χ4v) is 10.4. The number of nitrogens with one attached hydrogen (secondary N) is 5. The second-order valence-electron chi connectivity index (χ2n) is 22.5. The third-order valence-electron chi connectivity index (χ3n) is 14.1. The van der Waals surface area contributed by atoms with Gasteiger partial charge in [0.25, 0.3) is 0 Å². The molecule has 0 aromatic heterocycles. The quantitative estimate of drug-likeness (QED) is 0.0756. The molecular weight excluding hydrogens is 985 g/mol. The van der Waals surface area contributed by atoms with Crippen molar-refractivity contribution < 1.29 is 52.6 Å². The zero-order valence-electron chi connectivity index (χ0n) is 45.9. The van der Waals surface area contributed by atoms with Crippen molar-refractivity contribution in [2.45, 2.75) is 161 Å². The van der Waals surface area contributed by atoms with Gasteiger partial charge in [0.2, 0.25) is 41.4 Å². The summed E-state index contributed by atoms with van der Waals surface area (Å²) in [6, 6.07) is 16.5. The molecule has 3 aromatic rings. The molecule has 19 heteroatoms. The molecule has 0 bridgehead atoms. The van der Waals surface area contributed by atoms with Crippen LogP contribution in [0, 0.1) is 17.8 Å². The molecule has 2 fully saturated rings. The van der Waals surface area contributed by atoms with Crippen molar-refractivity contribution in [2.75, 3.05) is 19.7 Å². The van der Waals surface area contributed by atoms with Crippen molar-refractivity contribution in [3.63, 3.8) is 0 Å². The molecule has 7 N–H and O–H groups in total. The molecule has 2 saturated heterocycles. The Balaban J connectivity index is 1.13. The molecule has 416 valence electrons. The predicted molar refractivity (Wildman–Crippen MR) is 288 cm³/mol. The number of ether oxygens (including phenoxy) is 2. The smallest absolute Gasteiger partial charge is 0.407 e. The van der Waals surface area contributed by atoms with Crippen LogP contribution in [0.3, 0.4) is 0 Å². The topological polar surface area (TPSA) is 265 Å². The summed E-state index contributed by atoms with van der Waals surface area (Å²) >= 11 is 0. The summed E-state index contributed by atoms with van der Waals surface area (Å²) in [6.07, 6.45) is 0.328. The first kappa shape index (κ1) is 58.9. The number of fused-ring (bicyclic) bond motifs is 3. The van der Waals surface area contributed by atoms with Crippen molar-refractivity contribution in [1.82, 2.24) is 36.4 Å². The van der Waals surface area contributed by atoms with Crippen LogP contribution in [-0.2, 0) is 54.3 Å². The average molecular weight is 1060 g/mol. The molecule has 8 amide bonds. The summed E-state index contributed by atoms with van der Waals surface area (Å²) in [5.41, 5.74) is 9.65. The normalized spacial score (nSPS) is 18.1. The van der Waals surface area contributed by atoms with Gasteiger partial charge >= 0.3 is 12.1 Å². The zero-order chi connectivity index (χ0) is 56.3. The van der Waals surface area contributed by atoms with Crippen LogP contribution in [0.1, 0.15) is 123 Å². The minimum absolute atomic E-state index is 0.00475. The fraction of sp³-hybridized carbons (Fsp3) is 0.534. The van der Waals surface area contributed by atoms with E-state index >= 15 is 0 Å². The predicted octanol–water partition coefficient (Wildman–Crippen LogP) is 4.63. The summed E-state index contributed by atoms with van der Waals surface area (Å²) in [4.78, 5) is 128. The Morgan fingerprint density at radius 3 is 1.66 bits per heavy atom. The molecule has 2 aliphatic heterocycles. The van der Waals surface area contributed by atoms with Crippen LogP contribution in [0.2, 0.25) is 0 Å². The summed E-state index contributed by atoms with van der Waals surface area (Å²) in [5, 5.41) is 13.8. The van der Waals surface area contributed by atoms with Crippen molar-refractivity contribution in [2.24, 2.45) is 23.5 Å². The van der Waals surface area contributed by atoms with Crippen LogP contribution in [0.15, 0.2) is 78.9 Å². The van der Waals surface area contributed by atoms with E-state index in [1.807, 2.05) is 62.4 Å². The Morgan fingerprint density at radius 2 is 1.12 bits per heavy atom. The lowest BCUT2D eigenvalue weighted by molar-refractivity contribution is -0.163. The van der Waals surface area contributed by atoms with Gasteiger partial charge in [-0.2, -0.15) is 0 Å². The number of nitrogens with two attached hydrogens (primary N) is 1. The van der Waals surface area contributed by atoms with E-state index < -0.39 is 120 Å². The number of carbonyl (C=O) groups is 9. The van der Waals surface area contributed by atoms with Crippen LogP contribution < -0.4 is 32.3 Å². The Hall–Kier alpha value is -7.31. The molecule has 0 unspecified atom stereocenters. The molecule has 2 heterocycles. The zero-order valence-corrected chi connectivity index (χ0v) is 45.9. The van der Waals surface area contributed by atoms with E-state index in [0.717, 1.165) is 22.3 Å². The lowest BCUT2D eigenvalue weighted by atomic mass is 9.98. The van der Waals surface area contributed by atoms with Crippen molar-refractivity contribution in [1.29, 1.82) is 0 Å². The van der Waals surface area contributed by atoms with Gasteiger partial charge in [0.05, 0.1) is 6.42 Å². The molecular formula is C58H78N8O11. The SMILES string of the molecule is CC(C)C[C@H](NC(=O)[C@@H](NC(=O)[C@H](Cc1ccccc1)NC(=O)[C@@H]1CCCN1C(=O)[C@H](CC(N)=O)NC(=O)[C@@H](NC(=O)OCC1c2ccccc2-c2ccccc21)C(C)C)C(C)C)C(=O)N1CCC[C@H]1C(=O)OC(C)(C)C. The lowest BCUT2D eigenvalue weighted by Gasteiger charge is -2.32. The highest BCUT2D eigenvalue weighted by Crippen LogP contribution is 2.44. The van der Waals surface area contributed by atoms with Gasteiger partial charge in [0.15, 0.2) is 0 Å². The summed E-state index contributed by atoms with van der Waals surface area (Å²) < 4.78 is 11.3. The standard InChI is InChI=1S/C58H78N8O11/c1-33(2)29-43(54(72)66-28-18-26-46(66)56(74)77-58(7,8)9)61-52(70)48(34(3)4)63-50(68)42(30-36-19-11-10-12-20-36)60-51(69)45-25-17-27-65(45)55(73)44(31-47(59)67)62-53(71)49(35(5)6)64-57(75)76-32-41-39-23-15-13-21-37(39)38-22-14-16-24-40(38)41/h10-16,19-24,33-35,41-46,48-49H,17-18,25-32H2,1-9H3,(H2,59,67)(H,60,69)(H,61,70)(H,62,71)(H,63,68)(H,64,75)/t42-,43-,44-,45-,46-,48-,49-/m0/s1. The molecule has 6 rings (SSSR count). The molecule has 3 aromatic carbocycles. The number of rotatable bonds is 22. The number of carbonyl (C=O) groups excluding carboxylic acids is 9. The minimum Gasteiger partial charge on any atom is -0.458 e. The molecule has 1 aliphatic carbocycles. The minimum atomic E-state index is -1.52. The molecule has 7 atom stereocenters. The van der Waals surface area contributed by atoms with E-state index in [0.29, 0.717) is 31.4 Å². The maximum absolute atomic E-state index is 14.5. The van der Waals surface area contributed by atoms with Crippen LogP contribution in [0.4, 0.5) is 4.79 Å². The number of hydrogen-bond donors (Lipinski definition) is 6. The van der Waals surface area contributed by atoms with E-state index in [2.05, 4.69) is 26.6 Å². The van der Waals surface area contributed by atoms with E-state index in [9.17, 15) is 43.2 Å². The maximum atomic E-state index is 14.5. The molecule has 0 spiro atoms. The van der Waals surface area contributed by atoms with Crippen molar-refractivity contribution >= 4 is 53.4 Å². The van der Waals surface area contributed by atoms with Crippen molar-refractivity contribution in [3.05, 3.63) is 95.6 Å². The highest BCUT2D eigenvalue weighted by molar-refractivity contribution is 5.99. The second-order valence-corrected chi connectivity index (χ2v) is 22.5. The number of esters is 1. The number of hydrogen-bond acceptors (Lipinski definition) is 11. The van der Waals surface area contributed by atoms with Gasteiger partial charge in [0.1, 0.15) is 54.5 Å². The number of nitrogens with zero attached hydrogens (tertiary/aromatic N) is 2. The molecule has 0 radical (unpaired) electrons. The van der Waals surface area contributed by atoms with Crippen LogP contribution in [0.5, 0.6) is 0 Å². The average Bonchev–Trinajstić information content (AvgIpc) is 4.15. The molecule has 3 aliphatic rings. The number of primary amides is 1. The first-order valence-electron chi connectivity index (χ1n) is 26.9. The van der Waals surface area contributed by atoms with E-state index in [1.54, 1.807) is 78.8 Å². The van der Waals surface area contributed by atoms with Gasteiger partial charge in [-0.25, -0.2) is 9.59 Å². The van der Waals surface area contributed by atoms with Gasteiger partial charge in [-0.1, -0.05) is 120 Å². The highest BCUT2D eigenvalue weighted by atomic mass is 16.6. The van der Waals surface area contributed by atoms with Gasteiger partial charge in [-0.05, 0) is 98.4 Å². The van der Waals surface area contributed by atoms with E-state index in [4.69, 9.17) is 15.2 Å². The van der Waals surface area contributed by atoms with Crippen LogP contribution >= 0.6 is 0 Å². The molecule has 0 saturated carbocycles. The first-order chi connectivity index (χ1) is 36.4. The van der Waals surface area contributed by atoms with Crippen LogP contribution in [0.25, 0.3) is 11.1 Å². The number of alkyl carbamates (subject to hydrolysis) is 1. The lowest BCUT2D eigenvalue weighted by Crippen LogP contribution is -2.61. The van der Waals surface area contributed by atoms with Gasteiger partial charge in [-0.15, -0.1) is 0 Å². The van der Waals surface area contributed by atoms with Gasteiger partial charge < -0.3 is 51.6 Å². The number of amides is 8. The Kier molecular flexibility index (Phi) is 20.0. The number of benzene rings is 3. The maximum Gasteiger partial charge on any atom is 0.407 e. The summed E-state index contributed by atoms with van der Waals surface area (Å²) in [7, 11) is 0. The van der Waals surface area contributed by atoms with Crippen LogP contribution in [-0.4, -0.2) is 131 Å². The Labute approximate surface area is 451 Å².